The molecule has 0 N–H and O–H groups in total. The Morgan fingerprint density at radius 2 is 2.19 bits per heavy atom. The van der Waals surface area contributed by atoms with Crippen LogP contribution < -0.4 is 0 Å². The van der Waals surface area contributed by atoms with Gasteiger partial charge in [0.05, 0.1) is 11.5 Å². The summed E-state index contributed by atoms with van der Waals surface area (Å²) in [6.45, 7) is 8.20. The second-order valence-electron chi connectivity index (χ2n) is 6.48. The van der Waals surface area contributed by atoms with E-state index >= 15 is 0 Å². The fourth-order valence-electron chi connectivity index (χ4n) is 3.43. The Balaban J connectivity index is 1.80. The standard InChI is InChI=1S/C18H23N3/c1-3-21-10-7-16-6-5-15(11-17(16)21)12-20-9-4-8-18(2,13-19)14-20/h5-7,10-11H,3-4,8-9,12,14H2,1-2H3. The number of hydrogen-bond donors (Lipinski definition) is 0. The highest BCUT2D eigenvalue weighted by molar-refractivity contribution is 5.80. The number of rotatable bonds is 3. The lowest BCUT2D eigenvalue weighted by atomic mass is 9.83. The van der Waals surface area contributed by atoms with Gasteiger partial charge < -0.3 is 4.57 Å². The molecule has 1 atom stereocenters. The maximum absolute atomic E-state index is 9.34. The van der Waals surface area contributed by atoms with Crippen molar-refractivity contribution in [2.45, 2.75) is 39.8 Å². The van der Waals surface area contributed by atoms with Gasteiger partial charge in [-0.25, -0.2) is 0 Å². The first-order valence-corrected chi connectivity index (χ1v) is 7.85. The van der Waals surface area contributed by atoms with E-state index in [0.717, 1.165) is 39.0 Å². The molecular weight excluding hydrogens is 258 g/mol. The molecule has 1 aromatic heterocycles. The van der Waals surface area contributed by atoms with Crippen LogP contribution in [0, 0.1) is 16.7 Å². The Bertz CT molecular complexity index is 679. The second-order valence-corrected chi connectivity index (χ2v) is 6.48. The smallest absolute Gasteiger partial charge is 0.0700 e. The van der Waals surface area contributed by atoms with Gasteiger partial charge in [-0.1, -0.05) is 12.1 Å². The van der Waals surface area contributed by atoms with Crippen molar-refractivity contribution < 1.29 is 0 Å². The lowest BCUT2D eigenvalue weighted by molar-refractivity contribution is 0.137. The minimum Gasteiger partial charge on any atom is -0.348 e. The van der Waals surface area contributed by atoms with E-state index in [1.54, 1.807) is 0 Å². The molecule has 1 aliphatic rings. The summed E-state index contributed by atoms with van der Waals surface area (Å²) in [5.74, 6) is 0. The van der Waals surface area contributed by atoms with Crippen LogP contribution in [-0.2, 0) is 13.1 Å². The Labute approximate surface area is 126 Å². The van der Waals surface area contributed by atoms with E-state index < -0.39 is 0 Å². The van der Waals surface area contributed by atoms with Crippen LogP contribution in [0.5, 0.6) is 0 Å². The van der Waals surface area contributed by atoms with Crippen LogP contribution in [0.25, 0.3) is 10.9 Å². The molecule has 3 nitrogen and oxygen atoms in total. The van der Waals surface area contributed by atoms with E-state index in [1.807, 2.05) is 0 Å². The first-order valence-electron chi connectivity index (χ1n) is 7.85. The predicted molar refractivity (Wildman–Crippen MR) is 85.8 cm³/mol. The molecule has 0 bridgehead atoms. The molecule has 1 saturated heterocycles. The van der Waals surface area contributed by atoms with E-state index in [-0.39, 0.29) is 5.41 Å². The summed E-state index contributed by atoms with van der Waals surface area (Å²) < 4.78 is 2.29. The van der Waals surface area contributed by atoms with Gasteiger partial charge in [-0.2, -0.15) is 5.26 Å². The third kappa shape index (κ3) is 2.82. The molecule has 21 heavy (non-hydrogen) atoms. The molecule has 3 heteroatoms. The SMILES string of the molecule is CCn1ccc2ccc(CN3CCCC(C)(C#N)C3)cc21. The summed E-state index contributed by atoms with van der Waals surface area (Å²) in [5.41, 5.74) is 2.49. The van der Waals surface area contributed by atoms with E-state index in [2.05, 4.69) is 59.8 Å². The van der Waals surface area contributed by atoms with Crippen molar-refractivity contribution in [2.24, 2.45) is 5.41 Å². The van der Waals surface area contributed by atoms with Gasteiger partial charge in [0.15, 0.2) is 0 Å². The molecule has 1 aliphatic heterocycles. The van der Waals surface area contributed by atoms with E-state index in [0.29, 0.717) is 0 Å². The van der Waals surface area contributed by atoms with Gasteiger partial charge in [-0.3, -0.25) is 4.90 Å². The van der Waals surface area contributed by atoms with Crippen molar-refractivity contribution in [3.63, 3.8) is 0 Å². The van der Waals surface area contributed by atoms with Crippen molar-refractivity contribution in [1.82, 2.24) is 9.47 Å². The van der Waals surface area contributed by atoms with Gasteiger partial charge in [0, 0.05) is 31.3 Å². The zero-order chi connectivity index (χ0) is 14.9. The molecule has 2 heterocycles. The maximum Gasteiger partial charge on any atom is 0.0700 e. The number of nitriles is 1. The molecular formula is C18H23N3. The van der Waals surface area contributed by atoms with Gasteiger partial charge in [-0.15, -0.1) is 0 Å². The second kappa shape index (κ2) is 5.54. The first kappa shape index (κ1) is 14.2. The molecule has 1 unspecified atom stereocenters. The number of nitrogens with zero attached hydrogens (tertiary/aromatic N) is 3. The third-order valence-corrected chi connectivity index (χ3v) is 4.63. The van der Waals surface area contributed by atoms with Crippen molar-refractivity contribution >= 4 is 10.9 Å². The quantitative estimate of drug-likeness (QED) is 0.857. The fourth-order valence-corrected chi connectivity index (χ4v) is 3.43. The fraction of sp³-hybridized carbons (Fsp3) is 0.500. The molecule has 1 aromatic carbocycles. The van der Waals surface area contributed by atoms with Crippen LogP contribution in [0.2, 0.25) is 0 Å². The number of aromatic nitrogens is 1. The molecule has 3 rings (SSSR count). The number of benzene rings is 1. The Morgan fingerprint density at radius 1 is 1.33 bits per heavy atom. The average molecular weight is 281 g/mol. The average Bonchev–Trinajstić information content (AvgIpc) is 2.90. The number of fused-ring (bicyclic) bond motifs is 1. The summed E-state index contributed by atoms with van der Waals surface area (Å²) in [6, 6.07) is 11.4. The highest BCUT2D eigenvalue weighted by atomic mass is 15.1. The maximum atomic E-state index is 9.34. The molecule has 1 fully saturated rings. The summed E-state index contributed by atoms with van der Waals surface area (Å²) in [5, 5.41) is 10.6. The van der Waals surface area contributed by atoms with Crippen molar-refractivity contribution in [3.8, 4) is 6.07 Å². The minimum absolute atomic E-state index is 0.175. The molecule has 0 saturated carbocycles. The first-order chi connectivity index (χ1) is 10.1. The lowest BCUT2D eigenvalue weighted by Gasteiger charge is -2.36. The summed E-state index contributed by atoms with van der Waals surface area (Å²) >= 11 is 0. The van der Waals surface area contributed by atoms with Crippen LogP contribution in [0.15, 0.2) is 30.5 Å². The van der Waals surface area contributed by atoms with Crippen LogP contribution in [0.1, 0.15) is 32.3 Å². The number of piperidine rings is 1. The van der Waals surface area contributed by atoms with E-state index in [9.17, 15) is 5.26 Å². The molecule has 110 valence electrons. The highest BCUT2D eigenvalue weighted by Crippen LogP contribution is 2.29. The molecule has 0 aliphatic carbocycles. The van der Waals surface area contributed by atoms with Gasteiger partial charge in [0.2, 0.25) is 0 Å². The molecule has 2 aromatic rings. The van der Waals surface area contributed by atoms with E-state index in [4.69, 9.17) is 0 Å². The lowest BCUT2D eigenvalue weighted by Crippen LogP contribution is -2.40. The van der Waals surface area contributed by atoms with Gasteiger partial charge in [0.1, 0.15) is 0 Å². The highest BCUT2D eigenvalue weighted by Gasteiger charge is 2.30. The number of hydrogen-bond acceptors (Lipinski definition) is 2. The van der Waals surface area contributed by atoms with Crippen LogP contribution in [0.4, 0.5) is 0 Å². The topological polar surface area (TPSA) is 32.0 Å². The predicted octanol–water partition coefficient (Wildman–Crippen LogP) is 3.79. The zero-order valence-corrected chi connectivity index (χ0v) is 13.0. The van der Waals surface area contributed by atoms with Gasteiger partial charge >= 0.3 is 0 Å². The summed E-state index contributed by atoms with van der Waals surface area (Å²) in [7, 11) is 0. The Hall–Kier alpha value is -1.79. The molecule has 0 amide bonds. The van der Waals surface area contributed by atoms with Crippen LogP contribution in [0.3, 0.4) is 0 Å². The van der Waals surface area contributed by atoms with Crippen LogP contribution in [-0.4, -0.2) is 22.6 Å². The third-order valence-electron chi connectivity index (χ3n) is 4.63. The van der Waals surface area contributed by atoms with Gasteiger partial charge in [0.25, 0.3) is 0 Å². The zero-order valence-electron chi connectivity index (χ0n) is 13.0. The van der Waals surface area contributed by atoms with Gasteiger partial charge in [-0.05, 0) is 56.3 Å². The largest absolute Gasteiger partial charge is 0.348 e. The van der Waals surface area contributed by atoms with Crippen LogP contribution >= 0.6 is 0 Å². The summed E-state index contributed by atoms with van der Waals surface area (Å²) in [6.07, 6.45) is 4.30. The normalized spacial score (nSPS) is 23.3. The Kier molecular flexibility index (Phi) is 3.73. The van der Waals surface area contributed by atoms with E-state index in [1.165, 1.54) is 16.5 Å². The number of likely N-dealkylation sites (tertiary alicyclic amines) is 1. The summed E-state index contributed by atoms with van der Waals surface area (Å²) in [4.78, 5) is 2.42. The number of aryl methyl sites for hydroxylation is 1. The van der Waals surface area contributed by atoms with Crippen molar-refractivity contribution in [1.29, 1.82) is 5.26 Å². The molecule has 0 spiro atoms. The van der Waals surface area contributed by atoms with Crippen molar-refractivity contribution in [2.75, 3.05) is 13.1 Å². The Morgan fingerprint density at radius 3 is 2.95 bits per heavy atom. The monoisotopic (exact) mass is 281 g/mol. The van der Waals surface area contributed by atoms with Crippen molar-refractivity contribution in [3.05, 3.63) is 36.0 Å². The molecule has 0 radical (unpaired) electrons. The minimum atomic E-state index is -0.175.